The van der Waals surface area contributed by atoms with Crippen molar-refractivity contribution >= 4 is 29.0 Å². The first-order valence-electron chi connectivity index (χ1n) is 6.31. The van der Waals surface area contributed by atoms with Gasteiger partial charge in [0.05, 0.1) is 10.0 Å². The molecule has 2 rings (SSSR count). The largest absolute Gasteiger partial charge is 0.316 e. The number of ketones is 1. The van der Waals surface area contributed by atoms with Crippen molar-refractivity contribution in [1.82, 2.24) is 5.32 Å². The third-order valence-electron chi connectivity index (χ3n) is 3.30. The Balaban J connectivity index is 1.88. The number of piperidine rings is 1. The molecule has 1 heterocycles. The van der Waals surface area contributed by atoms with Crippen LogP contribution in [0.15, 0.2) is 18.2 Å². The number of rotatable bonds is 4. The van der Waals surface area contributed by atoms with Gasteiger partial charge in [-0.1, -0.05) is 29.3 Å². The number of carbonyl (C=O) groups excluding carboxylic acids is 1. The summed E-state index contributed by atoms with van der Waals surface area (Å²) in [5.41, 5.74) is 0.943. The standard InChI is InChI=1S/C14H17Cl2NO/c15-13-4-3-10(8-14(13)16)6-12(18)7-11-2-1-5-17-9-11/h3-4,8,11,17H,1-2,5-7,9H2. The zero-order valence-electron chi connectivity index (χ0n) is 10.2. The van der Waals surface area contributed by atoms with Crippen LogP contribution in [-0.4, -0.2) is 18.9 Å². The first-order valence-corrected chi connectivity index (χ1v) is 7.07. The van der Waals surface area contributed by atoms with Gasteiger partial charge in [0.15, 0.2) is 0 Å². The normalized spacial score (nSPS) is 19.8. The molecule has 1 aliphatic rings. The van der Waals surface area contributed by atoms with E-state index in [9.17, 15) is 4.79 Å². The van der Waals surface area contributed by atoms with E-state index in [1.54, 1.807) is 12.1 Å². The van der Waals surface area contributed by atoms with E-state index in [4.69, 9.17) is 23.2 Å². The summed E-state index contributed by atoms with van der Waals surface area (Å²) in [4.78, 5) is 12.0. The van der Waals surface area contributed by atoms with Gasteiger partial charge in [0.2, 0.25) is 0 Å². The number of Topliss-reactive ketones (excluding diaryl/α,β-unsaturated/α-hetero) is 1. The Labute approximate surface area is 118 Å². The van der Waals surface area contributed by atoms with E-state index in [0.717, 1.165) is 25.1 Å². The van der Waals surface area contributed by atoms with Crippen LogP contribution in [-0.2, 0) is 11.2 Å². The molecule has 0 amide bonds. The van der Waals surface area contributed by atoms with Crippen molar-refractivity contribution in [3.63, 3.8) is 0 Å². The lowest BCUT2D eigenvalue weighted by Gasteiger charge is -2.21. The third kappa shape index (κ3) is 3.98. The second-order valence-corrected chi connectivity index (χ2v) is 5.69. The van der Waals surface area contributed by atoms with Crippen molar-refractivity contribution in [3.05, 3.63) is 33.8 Å². The van der Waals surface area contributed by atoms with Gasteiger partial charge in [-0.3, -0.25) is 4.79 Å². The van der Waals surface area contributed by atoms with Gasteiger partial charge in [0, 0.05) is 12.8 Å². The lowest BCUT2D eigenvalue weighted by molar-refractivity contribution is -0.119. The summed E-state index contributed by atoms with van der Waals surface area (Å²) < 4.78 is 0. The Morgan fingerprint density at radius 2 is 2.17 bits per heavy atom. The van der Waals surface area contributed by atoms with Crippen LogP contribution < -0.4 is 5.32 Å². The molecule has 2 nitrogen and oxygen atoms in total. The van der Waals surface area contributed by atoms with Gasteiger partial charge >= 0.3 is 0 Å². The van der Waals surface area contributed by atoms with Crippen LogP contribution in [0.3, 0.4) is 0 Å². The van der Waals surface area contributed by atoms with Crippen molar-refractivity contribution in [1.29, 1.82) is 0 Å². The molecule has 0 radical (unpaired) electrons. The zero-order chi connectivity index (χ0) is 13.0. The second kappa shape index (κ2) is 6.55. The SMILES string of the molecule is O=C(Cc1ccc(Cl)c(Cl)c1)CC1CCCNC1. The molecule has 98 valence electrons. The van der Waals surface area contributed by atoms with E-state index in [1.807, 2.05) is 6.07 Å². The summed E-state index contributed by atoms with van der Waals surface area (Å²) in [6.07, 6.45) is 3.44. The van der Waals surface area contributed by atoms with Gasteiger partial charge in [-0.25, -0.2) is 0 Å². The molecule has 0 saturated carbocycles. The molecule has 1 saturated heterocycles. The van der Waals surface area contributed by atoms with E-state index >= 15 is 0 Å². The van der Waals surface area contributed by atoms with Crippen molar-refractivity contribution in [2.24, 2.45) is 5.92 Å². The van der Waals surface area contributed by atoms with Crippen molar-refractivity contribution in [3.8, 4) is 0 Å². The highest BCUT2D eigenvalue weighted by atomic mass is 35.5. The smallest absolute Gasteiger partial charge is 0.137 e. The lowest BCUT2D eigenvalue weighted by atomic mass is 9.92. The van der Waals surface area contributed by atoms with E-state index in [0.29, 0.717) is 28.8 Å². The molecule has 0 aromatic heterocycles. The molecule has 0 aliphatic carbocycles. The van der Waals surface area contributed by atoms with E-state index < -0.39 is 0 Å². The molecule has 4 heteroatoms. The molecule has 0 bridgehead atoms. The van der Waals surface area contributed by atoms with Crippen molar-refractivity contribution in [2.75, 3.05) is 13.1 Å². The molecule has 1 unspecified atom stereocenters. The summed E-state index contributed by atoms with van der Waals surface area (Å²) in [5.74, 6) is 0.774. The van der Waals surface area contributed by atoms with Crippen LogP contribution in [0.1, 0.15) is 24.8 Å². The number of hydrogen-bond acceptors (Lipinski definition) is 2. The molecule has 1 aliphatic heterocycles. The maximum absolute atomic E-state index is 12.0. The molecule has 1 aromatic carbocycles. The predicted octanol–water partition coefficient (Wildman–Crippen LogP) is 3.49. The fraction of sp³-hybridized carbons (Fsp3) is 0.500. The molecule has 0 spiro atoms. The monoisotopic (exact) mass is 285 g/mol. The minimum Gasteiger partial charge on any atom is -0.316 e. The summed E-state index contributed by atoms with van der Waals surface area (Å²) >= 11 is 11.8. The Bertz CT molecular complexity index is 428. The Morgan fingerprint density at radius 3 is 2.83 bits per heavy atom. The van der Waals surface area contributed by atoms with Crippen LogP contribution in [0.25, 0.3) is 0 Å². The molecular weight excluding hydrogens is 269 g/mol. The maximum Gasteiger partial charge on any atom is 0.137 e. The highest BCUT2D eigenvalue weighted by Crippen LogP contribution is 2.23. The topological polar surface area (TPSA) is 29.1 Å². The maximum atomic E-state index is 12.0. The number of halogens is 2. The van der Waals surface area contributed by atoms with E-state index in [1.165, 1.54) is 6.42 Å². The molecule has 1 N–H and O–H groups in total. The number of benzene rings is 1. The Morgan fingerprint density at radius 1 is 1.33 bits per heavy atom. The van der Waals surface area contributed by atoms with Crippen LogP contribution in [0.4, 0.5) is 0 Å². The summed E-state index contributed by atoms with van der Waals surface area (Å²) in [5, 5.41) is 4.38. The second-order valence-electron chi connectivity index (χ2n) is 4.88. The van der Waals surface area contributed by atoms with Crippen molar-refractivity contribution < 1.29 is 4.79 Å². The highest BCUT2D eigenvalue weighted by molar-refractivity contribution is 6.42. The summed E-state index contributed by atoms with van der Waals surface area (Å²) in [7, 11) is 0. The molecule has 1 fully saturated rings. The Kier molecular flexibility index (Phi) is 5.04. The average molecular weight is 286 g/mol. The first-order chi connectivity index (χ1) is 8.65. The van der Waals surface area contributed by atoms with Crippen LogP contribution in [0, 0.1) is 5.92 Å². The minimum absolute atomic E-state index is 0.280. The number of nitrogens with one attached hydrogen (secondary N) is 1. The molecular formula is C14H17Cl2NO. The predicted molar refractivity (Wildman–Crippen MR) is 75.4 cm³/mol. The Hall–Kier alpha value is -0.570. The van der Waals surface area contributed by atoms with Crippen LogP contribution in [0.5, 0.6) is 0 Å². The zero-order valence-corrected chi connectivity index (χ0v) is 11.7. The number of hydrogen-bond donors (Lipinski definition) is 1. The van der Waals surface area contributed by atoms with Gasteiger partial charge in [-0.15, -0.1) is 0 Å². The van der Waals surface area contributed by atoms with E-state index in [-0.39, 0.29) is 5.78 Å². The number of carbonyl (C=O) groups is 1. The molecule has 18 heavy (non-hydrogen) atoms. The summed E-state index contributed by atoms with van der Waals surface area (Å²) in [6.45, 7) is 2.05. The van der Waals surface area contributed by atoms with Gasteiger partial charge in [0.25, 0.3) is 0 Å². The van der Waals surface area contributed by atoms with Gasteiger partial charge in [-0.2, -0.15) is 0 Å². The van der Waals surface area contributed by atoms with Gasteiger partial charge in [0.1, 0.15) is 5.78 Å². The average Bonchev–Trinajstić information content (AvgIpc) is 2.35. The molecule has 1 atom stereocenters. The van der Waals surface area contributed by atoms with Gasteiger partial charge < -0.3 is 5.32 Å². The van der Waals surface area contributed by atoms with E-state index in [2.05, 4.69) is 5.32 Å². The van der Waals surface area contributed by atoms with Crippen LogP contribution in [0.2, 0.25) is 10.0 Å². The first kappa shape index (κ1) is 13.9. The lowest BCUT2D eigenvalue weighted by Crippen LogP contribution is -2.31. The van der Waals surface area contributed by atoms with Crippen LogP contribution >= 0.6 is 23.2 Å². The highest BCUT2D eigenvalue weighted by Gasteiger charge is 2.17. The van der Waals surface area contributed by atoms with Crippen molar-refractivity contribution in [2.45, 2.75) is 25.7 Å². The van der Waals surface area contributed by atoms with Gasteiger partial charge in [-0.05, 0) is 49.5 Å². The molecule has 1 aromatic rings. The fourth-order valence-electron chi connectivity index (χ4n) is 2.37. The summed E-state index contributed by atoms with van der Waals surface area (Å²) in [6, 6.07) is 5.39. The minimum atomic E-state index is 0.280. The third-order valence-corrected chi connectivity index (χ3v) is 4.04. The fourth-order valence-corrected chi connectivity index (χ4v) is 2.69. The quantitative estimate of drug-likeness (QED) is 0.918.